The van der Waals surface area contributed by atoms with Crippen molar-refractivity contribution in [2.24, 2.45) is 11.8 Å². The molecule has 0 spiro atoms. The number of rotatable bonds is 5. The van der Waals surface area contributed by atoms with Crippen LogP contribution in [0.25, 0.3) is 0 Å². The average molecular weight is 216 g/mol. The van der Waals surface area contributed by atoms with Crippen LogP contribution < -0.4 is 10.6 Å². The first kappa shape index (κ1) is 13.7. The number of carbonyl (C=O) groups is 2. The number of carboxylic acid groups (broad SMARTS) is 1. The van der Waals surface area contributed by atoms with Crippen LogP contribution >= 0.6 is 0 Å². The van der Waals surface area contributed by atoms with Crippen molar-refractivity contribution in [3.05, 3.63) is 0 Å². The van der Waals surface area contributed by atoms with E-state index in [0.29, 0.717) is 12.5 Å². The number of hydrogen-bond donors (Lipinski definition) is 3. The second-order valence-electron chi connectivity index (χ2n) is 4.31. The van der Waals surface area contributed by atoms with Gasteiger partial charge in [0.2, 0.25) is 0 Å². The van der Waals surface area contributed by atoms with E-state index < -0.39 is 18.0 Å². The quantitative estimate of drug-likeness (QED) is 0.642. The third-order valence-electron chi connectivity index (χ3n) is 1.89. The Hall–Kier alpha value is -1.26. The standard InChI is InChI=1S/C10H20N2O3/c1-6(2)5-11-10(15)12-8(7(3)4)9(13)14/h6-8H,5H2,1-4H3,(H,13,14)(H2,11,12,15). The monoisotopic (exact) mass is 216 g/mol. The van der Waals surface area contributed by atoms with Gasteiger partial charge in [-0.25, -0.2) is 9.59 Å². The van der Waals surface area contributed by atoms with Crippen molar-refractivity contribution in [3.63, 3.8) is 0 Å². The lowest BCUT2D eigenvalue weighted by molar-refractivity contribution is -0.140. The van der Waals surface area contributed by atoms with Crippen LogP contribution in [-0.4, -0.2) is 29.7 Å². The molecule has 0 heterocycles. The maximum Gasteiger partial charge on any atom is 0.326 e. The summed E-state index contributed by atoms with van der Waals surface area (Å²) in [5.41, 5.74) is 0. The first-order valence-corrected chi connectivity index (χ1v) is 5.11. The molecule has 1 atom stereocenters. The van der Waals surface area contributed by atoms with Gasteiger partial charge in [-0.15, -0.1) is 0 Å². The Morgan fingerprint density at radius 3 is 2.07 bits per heavy atom. The molecule has 0 saturated carbocycles. The maximum atomic E-state index is 11.3. The van der Waals surface area contributed by atoms with Crippen molar-refractivity contribution in [2.45, 2.75) is 33.7 Å². The predicted molar refractivity (Wildman–Crippen MR) is 57.6 cm³/mol. The summed E-state index contributed by atoms with van der Waals surface area (Å²) >= 11 is 0. The van der Waals surface area contributed by atoms with Gasteiger partial charge in [0.1, 0.15) is 6.04 Å². The van der Waals surface area contributed by atoms with Gasteiger partial charge in [0.25, 0.3) is 0 Å². The van der Waals surface area contributed by atoms with Gasteiger partial charge in [-0.3, -0.25) is 0 Å². The summed E-state index contributed by atoms with van der Waals surface area (Å²) in [4.78, 5) is 22.1. The van der Waals surface area contributed by atoms with Crippen molar-refractivity contribution in [2.75, 3.05) is 6.54 Å². The minimum absolute atomic E-state index is 0.132. The van der Waals surface area contributed by atoms with Gasteiger partial charge in [-0.2, -0.15) is 0 Å². The second-order valence-corrected chi connectivity index (χ2v) is 4.31. The van der Waals surface area contributed by atoms with Crippen LogP contribution in [0.1, 0.15) is 27.7 Å². The van der Waals surface area contributed by atoms with Gasteiger partial charge < -0.3 is 15.7 Å². The Morgan fingerprint density at radius 2 is 1.73 bits per heavy atom. The number of carboxylic acids is 1. The highest BCUT2D eigenvalue weighted by atomic mass is 16.4. The van der Waals surface area contributed by atoms with Gasteiger partial charge in [0.15, 0.2) is 0 Å². The Labute approximate surface area is 90.2 Å². The highest BCUT2D eigenvalue weighted by Gasteiger charge is 2.23. The molecule has 0 fully saturated rings. The Balaban J connectivity index is 4.07. The van der Waals surface area contributed by atoms with E-state index in [1.807, 2.05) is 13.8 Å². The fraction of sp³-hybridized carbons (Fsp3) is 0.800. The fourth-order valence-corrected chi connectivity index (χ4v) is 1.00. The van der Waals surface area contributed by atoms with Gasteiger partial charge in [-0.05, 0) is 11.8 Å². The van der Waals surface area contributed by atoms with E-state index in [4.69, 9.17) is 5.11 Å². The largest absolute Gasteiger partial charge is 0.480 e. The van der Waals surface area contributed by atoms with Crippen LogP contribution in [-0.2, 0) is 4.79 Å². The molecule has 0 aromatic carbocycles. The van der Waals surface area contributed by atoms with Crippen LogP contribution in [0.4, 0.5) is 4.79 Å². The molecule has 0 aliphatic rings. The molecular weight excluding hydrogens is 196 g/mol. The van der Waals surface area contributed by atoms with Crippen molar-refractivity contribution >= 4 is 12.0 Å². The van der Waals surface area contributed by atoms with Crippen LogP contribution in [0.15, 0.2) is 0 Å². The van der Waals surface area contributed by atoms with E-state index >= 15 is 0 Å². The molecule has 2 amide bonds. The Bertz CT molecular complexity index is 227. The summed E-state index contributed by atoms with van der Waals surface area (Å²) in [6.07, 6.45) is 0. The van der Waals surface area contributed by atoms with E-state index in [1.54, 1.807) is 13.8 Å². The lowest BCUT2D eigenvalue weighted by Crippen LogP contribution is -2.49. The van der Waals surface area contributed by atoms with E-state index in [9.17, 15) is 9.59 Å². The summed E-state index contributed by atoms with van der Waals surface area (Å²) < 4.78 is 0. The average Bonchev–Trinajstić information content (AvgIpc) is 2.09. The molecule has 0 rings (SSSR count). The van der Waals surface area contributed by atoms with Crippen molar-refractivity contribution < 1.29 is 14.7 Å². The topological polar surface area (TPSA) is 78.4 Å². The highest BCUT2D eigenvalue weighted by molar-refractivity contribution is 5.82. The molecule has 3 N–H and O–H groups in total. The first-order chi connectivity index (χ1) is 6.84. The van der Waals surface area contributed by atoms with Gasteiger partial charge in [-0.1, -0.05) is 27.7 Å². The van der Waals surface area contributed by atoms with Crippen LogP contribution in [0.5, 0.6) is 0 Å². The Kier molecular flexibility index (Phi) is 5.74. The molecule has 0 radical (unpaired) electrons. The summed E-state index contributed by atoms with van der Waals surface area (Å²) in [6.45, 7) is 7.98. The van der Waals surface area contributed by atoms with E-state index in [0.717, 1.165) is 0 Å². The fourth-order valence-electron chi connectivity index (χ4n) is 1.00. The highest BCUT2D eigenvalue weighted by Crippen LogP contribution is 2.01. The number of aliphatic carboxylic acids is 1. The number of hydrogen-bond acceptors (Lipinski definition) is 2. The smallest absolute Gasteiger partial charge is 0.326 e. The third kappa shape index (κ3) is 5.93. The number of amides is 2. The zero-order valence-corrected chi connectivity index (χ0v) is 9.70. The second kappa shape index (κ2) is 6.27. The number of urea groups is 1. The van der Waals surface area contributed by atoms with E-state index in [-0.39, 0.29) is 5.92 Å². The normalized spacial score (nSPS) is 12.7. The minimum Gasteiger partial charge on any atom is -0.480 e. The zero-order valence-electron chi connectivity index (χ0n) is 9.70. The summed E-state index contributed by atoms with van der Waals surface area (Å²) in [7, 11) is 0. The van der Waals surface area contributed by atoms with Crippen molar-refractivity contribution in [1.29, 1.82) is 0 Å². The van der Waals surface area contributed by atoms with Crippen LogP contribution in [0.3, 0.4) is 0 Å². The lowest BCUT2D eigenvalue weighted by Gasteiger charge is -2.18. The molecule has 88 valence electrons. The molecule has 0 saturated heterocycles. The van der Waals surface area contributed by atoms with Gasteiger partial charge in [0.05, 0.1) is 0 Å². The SMILES string of the molecule is CC(C)CNC(=O)NC(C(=O)O)C(C)C. The number of nitrogens with one attached hydrogen (secondary N) is 2. The molecule has 0 aliphatic carbocycles. The molecule has 1 unspecified atom stereocenters. The number of carbonyl (C=O) groups excluding carboxylic acids is 1. The van der Waals surface area contributed by atoms with Crippen LogP contribution in [0.2, 0.25) is 0 Å². The molecule has 0 aromatic rings. The Morgan fingerprint density at radius 1 is 1.20 bits per heavy atom. The summed E-state index contributed by atoms with van der Waals surface area (Å²) in [6, 6.07) is -1.26. The molecule has 15 heavy (non-hydrogen) atoms. The van der Waals surface area contributed by atoms with Crippen molar-refractivity contribution in [1.82, 2.24) is 10.6 Å². The van der Waals surface area contributed by atoms with E-state index in [1.165, 1.54) is 0 Å². The van der Waals surface area contributed by atoms with Gasteiger partial charge in [0, 0.05) is 6.54 Å². The molecule has 0 aliphatic heterocycles. The predicted octanol–water partition coefficient (Wildman–Crippen LogP) is 1.05. The van der Waals surface area contributed by atoms with Crippen LogP contribution in [0, 0.1) is 11.8 Å². The zero-order chi connectivity index (χ0) is 12.0. The minimum atomic E-state index is -1.01. The van der Waals surface area contributed by atoms with Gasteiger partial charge >= 0.3 is 12.0 Å². The van der Waals surface area contributed by atoms with E-state index in [2.05, 4.69) is 10.6 Å². The first-order valence-electron chi connectivity index (χ1n) is 5.11. The molecule has 5 heteroatoms. The molecular formula is C10H20N2O3. The summed E-state index contributed by atoms with van der Waals surface area (Å²) in [5, 5.41) is 13.9. The molecule has 5 nitrogen and oxygen atoms in total. The third-order valence-corrected chi connectivity index (χ3v) is 1.89. The molecule has 0 bridgehead atoms. The molecule has 0 aromatic heterocycles. The summed E-state index contributed by atoms with van der Waals surface area (Å²) in [5.74, 6) is -0.796. The lowest BCUT2D eigenvalue weighted by atomic mass is 10.1. The maximum absolute atomic E-state index is 11.3. The van der Waals surface area contributed by atoms with Crippen molar-refractivity contribution in [3.8, 4) is 0 Å².